The van der Waals surface area contributed by atoms with E-state index in [1.807, 2.05) is 71.1 Å². The summed E-state index contributed by atoms with van der Waals surface area (Å²) < 4.78 is 39.8. The van der Waals surface area contributed by atoms with Crippen molar-refractivity contribution in [2.45, 2.75) is 52.2 Å². The van der Waals surface area contributed by atoms with Crippen molar-refractivity contribution in [3.63, 3.8) is 0 Å². The Morgan fingerprint density at radius 2 is 1.24 bits per heavy atom. The Labute approximate surface area is 232 Å². The Morgan fingerprint density at radius 3 is 1.38 bits per heavy atom. The van der Waals surface area contributed by atoms with E-state index in [1.165, 1.54) is 0 Å². The van der Waals surface area contributed by atoms with E-state index in [4.69, 9.17) is 34.7 Å². The first kappa shape index (κ1) is 41.6. The summed E-state index contributed by atoms with van der Waals surface area (Å²) in [6, 6.07) is 0. The van der Waals surface area contributed by atoms with E-state index in [2.05, 4.69) is 40.4 Å². The van der Waals surface area contributed by atoms with Crippen LogP contribution in [0.5, 0.6) is 0 Å². The third-order valence-electron chi connectivity index (χ3n) is 4.26. The summed E-state index contributed by atoms with van der Waals surface area (Å²) in [5.74, 6) is 0.912. The average molecular weight is 591 g/mol. The fourth-order valence-electron chi connectivity index (χ4n) is 1.30. The Balaban J connectivity index is -0.000000174. The SMILES string of the molecule is C=C[C+](C)CO.[CH-]=CCCO[Si](C)(C)C(C)(C)C.[CH]1[CH][CH][CH][CH]1.[CH]1[CH][CH][CH][CH]1.[O-][Cl+3]([O-])([O-])[O-].[Zr]. The van der Waals surface area contributed by atoms with Crippen molar-refractivity contribution in [3.05, 3.63) is 95.4 Å². The normalized spacial score (nSPS) is 14.8. The van der Waals surface area contributed by atoms with E-state index < -0.39 is 18.6 Å². The van der Waals surface area contributed by atoms with Gasteiger partial charge in [-0.15, -0.1) is 10.2 Å². The maximum atomic E-state index is 8.49. The van der Waals surface area contributed by atoms with Gasteiger partial charge in [-0.1, -0.05) is 20.8 Å². The second-order valence-corrected chi connectivity index (χ2v) is 13.7. The third-order valence-corrected chi connectivity index (χ3v) is 8.80. The summed E-state index contributed by atoms with van der Waals surface area (Å²) in [5.41, 5.74) is 0. The molecule has 0 saturated heterocycles. The molecule has 9 heteroatoms. The van der Waals surface area contributed by atoms with Crippen LogP contribution in [0, 0.1) is 86.9 Å². The fraction of sp³-hybridized carbons (Fsp3) is 0.400. The smallest absolute Gasteiger partial charge is 0.191 e. The molecule has 1 N–H and O–H groups in total. The van der Waals surface area contributed by atoms with Crippen LogP contribution in [0.3, 0.4) is 0 Å². The van der Waals surface area contributed by atoms with Gasteiger partial charge in [0, 0.05) is 46.3 Å². The molecule has 2 fully saturated rings. The Hall–Kier alpha value is 0.500. The molecule has 0 aromatic carbocycles. The van der Waals surface area contributed by atoms with Crippen molar-refractivity contribution in [2.75, 3.05) is 13.2 Å². The van der Waals surface area contributed by atoms with Crippen molar-refractivity contribution < 1.29 is 64.6 Å². The molecule has 6 nitrogen and oxygen atoms in total. The summed E-state index contributed by atoms with van der Waals surface area (Å²) >= 11 is 0. The van der Waals surface area contributed by atoms with E-state index in [0.717, 1.165) is 18.9 Å². The van der Waals surface area contributed by atoms with Crippen molar-refractivity contribution >= 4 is 8.32 Å². The molecule has 2 rings (SSSR count). The minimum Gasteiger partial charge on any atom is -0.518 e. The van der Waals surface area contributed by atoms with Crippen LogP contribution in [0.15, 0.2) is 18.7 Å². The molecule has 2 aliphatic rings. The van der Waals surface area contributed by atoms with E-state index >= 15 is 0 Å². The first-order valence-electron chi connectivity index (χ1n) is 10.3. The van der Waals surface area contributed by atoms with Crippen LogP contribution in [0.4, 0.5) is 0 Å². The van der Waals surface area contributed by atoms with Gasteiger partial charge < -0.3 is 16.1 Å². The molecule has 34 heavy (non-hydrogen) atoms. The summed E-state index contributed by atoms with van der Waals surface area (Å²) in [7, 11) is -6.46. The zero-order valence-electron chi connectivity index (χ0n) is 21.2. The van der Waals surface area contributed by atoms with Crippen LogP contribution in [-0.4, -0.2) is 26.6 Å². The van der Waals surface area contributed by atoms with Crippen LogP contribution in [0.25, 0.3) is 0 Å². The summed E-state index contributed by atoms with van der Waals surface area (Å²) in [5, 5.41) is 8.53. The van der Waals surface area contributed by atoms with Crippen molar-refractivity contribution in [2.24, 2.45) is 0 Å². The van der Waals surface area contributed by atoms with Gasteiger partial charge in [0.15, 0.2) is 8.32 Å². The molecule has 192 valence electrons. The average Bonchev–Trinajstić information content (AvgIpc) is 3.44. The van der Waals surface area contributed by atoms with Gasteiger partial charge in [0.2, 0.25) is 0 Å². The third kappa shape index (κ3) is 37.1. The molecule has 0 aromatic rings. The van der Waals surface area contributed by atoms with Gasteiger partial charge in [-0.25, -0.2) is 18.6 Å². The Kier molecular flexibility index (Phi) is 30.8. The van der Waals surface area contributed by atoms with Gasteiger partial charge in [0.1, 0.15) is 6.61 Å². The predicted octanol–water partition coefficient (Wildman–Crippen LogP) is 1.43. The van der Waals surface area contributed by atoms with Gasteiger partial charge >= 0.3 is 0 Å². The van der Waals surface area contributed by atoms with Gasteiger partial charge in [-0.2, -0.15) is 0 Å². The molecule has 0 amide bonds. The summed E-state index contributed by atoms with van der Waals surface area (Å²) in [6.45, 7) is 22.7. The van der Waals surface area contributed by atoms with E-state index in [1.54, 1.807) is 12.2 Å². The van der Waals surface area contributed by atoms with Crippen LogP contribution in [0.1, 0.15) is 34.1 Å². The minimum absolute atomic E-state index is 0. The number of aliphatic hydroxyl groups is 1. The maximum absolute atomic E-state index is 8.49. The topological polar surface area (TPSA) is 122 Å². The van der Waals surface area contributed by atoms with Crippen LogP contribution < -0.4 is 18.6 Å². The Bertz CT molecular complexity index is 414. The number of halogens is 1. The van der Waals surface area contributed by atoms with E-state index in [0.29, 0.717) is 5.04 Å². The number of hydrogen-bond acceptors (Lipinski definition) is 6. The van der Waals surface area contributed by atoms with Gasteiger partial charge in [-0.05, 0) is 88.8 Å². The molecule has 2 saturated carbocycles. The van der Waals surface area contributed by atoms with E-state index in [-0.39, 0.29) is 32.8 Å². The summed E-state index contributed by atoms with van der Waals surface area (Å²) in [6.07, 6.45) is 24.2. The van der Waals surface area contributed by atoms with Crippen LogP contribution in [0.2, 0.25) is 18.1 Å². The zero-order valence-corrected chi connectivity index (χ0v) is 25.4. The van der Waals surface area contributed by atoms with Crippen molar-refractivity contribution in [1.29, 1.82) is 0 Å². The first-order valence-corrected chi connectivity index (χ1v) is 14.4. The monoisotopic (exact) mass is 589 g/mol. The minimum atomic E-state index is -4.94. The second-order valence-electron chi connectivity index (χ2n) is 8.14. The standard InChI is InChI=1S/C10H21OSi.C5H9O.2C5H5.ClHO4.Zr/c1-7-8-9-11-12(5,6)10(2,3)4;1-3-5(2)4-6;2*1-2-4-5-3-1;2-1(3,4)5;/h1,7H,8-9H2,2-6H3;3,6H,1,4H2,2H3;2*1-5H;(H,2,3,4,5);/q-1;+1;;;;/p-1. The van der Waals surface area contributed by atoms with Crippen LogP contribution >= 0.6 is 0 Å². The Morgan fingerprint density at radius 1 is 0.941 bits per heavy atom. The van der Waals surface area contributed by atoms with E-state index in [9.17, 15) is 0 Å². The zero-order chi connectivity index (χ0) is 26.4. The van der Waals surface area contributed by atoms with Gasteiger partial charge in [-0.3, -0.25) is 6.08 Å². The molecule has 2 aliphatic carbocycles. The molecule has 0 heterocycles. The van der Waals surface area contributed by atoms with Gasteiger partial charge in [0.05, 0.1) is 12.0 Å². The van der Waals surface area contributed by atoms with Crippen LogP contribution in [-0.2, 0) is 30.6 Å². The first-order chi connectivity index (χ1) is 15.1. The summed E-state index contributed by atoms with van der Waals surface area (Å²) in [4.78, 5) is 0. The molecule has 0 spiro atoms. The molecular formula is C25H40ClO6SiZr-. The molecular weight excluding hydrogens is 551 g/mol. The number of hydrogen-bond donors (Lipinski definition) is 1. The fourth-order valence-corrected chi connectivity index (χ4v) is 2.37. The molecule has 0 aromatic heterocycles. The van der Waals surface area contributed by atoms with Gasteiger partial charge in [0.25, 0.3) is 0 Å². The predicted molar refractivity (Wildman–Crippen MR) is 126 cm³/mol. The maximum Gasteiger partial charge on any atom is 0.191 e. The number of rotatable bonds is 6. The molecule has 10 radical (unpaired) electrons. The molecule has 0 atom stereocenters. The second kappa shape index (κ2) is 25.2. The van der Waals surface area contributed by atoms with Crippen molar-refractivity contribution in [1.82, 2.24) is 0 Å². The molecule has 0 unspecified atom stereocenters. The molecule has 0 bridgehead atoms. The largest absolute Gasteiger partial charge is 0.518 e. The number of aliphatic hydroxyl groups excluding tert-OH is 1. The molecule has 0 aliphatic heterocycles. The quantitative estimate of drug-likeness (QED) is 0.284. The van der Waals surface area contributed by atoms with Crippen molar-refractivity contribution in [3.8, 4) is 0 Å².